The van der Waals surface area contributed by atoms with E-state index in [2.05, 4.69) is 31.5 Å². The first kappa shape index (κ1) is 48.9. The summed E-state index contributed by atoms with van der Waals surface area (Å²) in [6.07, 6.45) is 5.93. The van der Waals surface area contributed by atoms with Gasteiger partial charge in [-0.2, -0.15) is 10.4 Å². The van der Waals surface area contributed by atoms with Crippen LogP contribution in [-0.2, 0) is 19.2 Å². The number of anilines is 2. The normalized spacial score (nSPS) is 20.8. The van der Waals surface area contributed by atoms with E-state index in [0.717, 1.165) is 10.3 Å². The number of amides is 6. The van der Waals surface area contributed by atoms with Gasteiger partial charge in [0.1, 0.15) is 29.7 Å². The lowest BCUT2D eigenvalue weighted by atomic mass is 9.72. The van der Waals surface area contributed by atoms with E-state index in [-0.39, 0.29) is 53.5 Å². The van der Waals surface area contributed by atoms with E-state index in [9.17, 15) is 39.1 Å². The van der Waals surface area contributed by atoms with Crippen molar-refractivity contribution in [2.75, 3.05) is 69.3 Å². The SMILES string of the molecule is COc1cc2[nH]nc(-c3cnc(N4CC5(CN(C(=O)C6CCN(C(=O)CC7(O)CCN(c8ccc9c(c8)C(=O)N(C8CCC(=O)NC8=O)C9=O)CC7)CC6)C5)C4)c(C#N)c3)c2cc1O[C@H](C)c1c(Cl)cncc1Cl. The first-order valence-corrected chi connectivity index (χ1v) is 25.4. The van der Waals surface area contributed by atoms with Gasteiger partial charge >= 0.3 is 0 Å². The van der Waals surface area contributed by atoms with Gasteiger partial charge in [-0.1, -0.05) is 23.2 Å². The number of hydrogen-bond donors (Lipinski definition) is 3. The third-order valence-corrected chi connectivity index (χ3v) is 16.2. The third-order valence-electron chi connectivity index (χ3n) is 15.6. The Balaban J connectivity index is 0.646. The second-order valence-corrected chi connectivity index (χ2v) is 21.2. The minimum absolute atomic E-state index is 0.0339. The Morgan fingerprint density at radius 3 is 2.30 bits per heavy atom. The van der Waals surface area contributed by atoms with Crippen molar-refractivity contribution in [3.8, 4) is 28.8 Å². The third kappa shape index (κ3) is 8.69. The second-order valence-electron chi connectivity index (χ2n) is 20.4. The summed E-state index contributed by atoms with van der Waals surface area (Å²) in [6.45, 7) is 6.02. The second kappa shape index (κ2) is 18.9. The molecular formula is C52H51Cl2N11O9. The lowest BCUT2D eigenvalue weighted by molar-refractivity contribution is -0.153. The van der Waals surface area contributed by atoms with Crippen LogP contribution >= 0.6 is 23.2 Å². The van der Waals surface area contributed by atoms with Gasteiger partial charge in [0.2, 0.25) is 23.6 Å². The van der Waals surface area contributed by atoms with E-state index in [1.165, 1.54) is 12.4 Å². The van der Waals surface area contributed by atoms with Crippen LogP contribution in [0, 0.1) is 22.7 Å². The first-order valence-electron chi connectivity index (χ1n) is 24.6. The molecule has 0 bridgehead atoms. The van der Waals surface area contributed by atoms with Crippen molar-refractivity contribution in [1.29, 1.82) is 5.26 Å². The number of fused-ring (bicyclic) bond motifs is 2. The fraction of sp³-hybridized carbons (Fsp3) is 0.423. The molecule has 1 spiro atoms. The maximum atomic E-state index is 13.7. The molecule has 382 valence electrons. The van der Waals surface area contributed by atoms with Crippen molar-refractivity contribution in [3.63, 3.8) is 0 Å². The molecule has 1 unspecified atom stereocenters. The van der Waals surface area contributed by atoms with Gasteiger partial charge < -0.3 is 34.2 Å². The van der Waals surface area contributed by atoms with Gasteiger partial charge in [-0.15, -0.1) is 0 Å². The molecule has 0 radical (unpaired) electrons. The summed E-state index contributed by atoms with van der Waals surface area (Å²) < 4.78 is 12.0. The summed E-state index contributed by atoms with van der Waals surface area (Å²) in [5.74, 6) is -1.06. The number of piperidine rings is 3. The number of rotatable bonds is 11. The highest BCUT2D eigenvalue weighted by molar-refractivity contribution is 6.35. The monoisotopic (exact) mass is 1040 g/mol. The van der Waals surface area contributed by atoms with E-state index in [0.29, 0.717) is 139 Å². The Bertz CT molecular complexity index is 3200. The van der Waals surface area contributed by atoms with Crippen LogP contribution in [0.2, 0.25) is 10.0 Å². The van der Waals surface area contributed by atoms with Crippen LogP contribution in [0.15, 0.2) is 55.0 Å². The van der Waals surface area contributed by atoms with Crippen molar-refractivity contribution in [1.82, 2.24) is 40.2 Å². The van der Waals surface area contributed by atoms with Gasteiger partial charge in [-0.05, 0) is 69.4 Å². The molecule has 22 heteroatoms. The van der Waals surface area contributed by atoms with Crippen LogP contribution in [0.25, 0.3) is 22.2 Å². The zero-order chi connectivity index (χ0) is 51.8. The number of aromatic nitrogens is 4. The minimum Gasteiger partial charge on any atom is -0.493 e. The number of ether oxygens (including phenoxy) is 2. The molecule has 5 fully saturated rings. The number of benzene rings is 2. The predicted molar refractivity (Wildman–Crippen MR) is 269 cm³/mol. The Labute approximate surface area is 434 Å². The maximum Gasteiger partial charge on any atom is 0.262 e. The highest BCUT2D eigenvalue weighted by Gasteiger charge is 2.55. The van der Waals surface area contributed by atoms with E-state index in [1.54, 1.807) is 48.5 Å². The van der Waals surface area contributed by atoms with E-state index < -0.39 is 41.4 Å². The lowest BCUT2D eigenvalue weighted by Gasteiger charge is -2.61. The standard InChI is InChI=1S/C52H51Cl2N11O9/c1-28(44-36(53)22-56-23-37(44)54)74-41-17-35-38(18-40(41)73-2)59-60-45(35)31-15-30(20-55)46(57-21-31)63-24-51(25-63)26-64(27-51)48(69)29-7-11-62(12-8-29)43(67)19-52(72)9-13-61(14-10-52)32-3-4-33-34(16-32)50(71)65(49(33)70)39-5-6-42(66)58-47(39)68/h3-4,15-18,21-23,28-29,39,72H,5-14,19,24-27H2,1-2H3,(H,59,60)(H,58,66,68)/t28-,39?/m1/s1. The zero-order valence-corrected chi connectivity index (χ0v) is 42.0. The molecule has 5 saturated heterocycles. The van der Waals surface area contributed by atoms with Crippen LogP contribution in [0.1, 0.15) is 89.8 Å². The topological polar surface area (TPSA) is 248 Å². The van der Waals surface area contributed by atoms with E-state index in [4.69, 9.17) is 37.7 Å². The summed E-state index contributed by atoms with van der Waals surface area (Å²) in [6, 6.07) is 11.6. The number of nitrogens with one attached hydrogen (secondary N) is 2. The number of likely N-dealkylation sites (tertiary alicyclic amines) is 2. The van der Waals surface area contributed by atoms with Crippen molar-refractivity contribution in [3.05, 3.63) is 87.3 Å². The van der Waals surface area contributed by atoms with Gasteiger partial charge in [-0.3, -0.25) is 49.1 Å². The van der Waals surface area contributed by atoms with Crippen molar-refractivity contribution < 1.29 is 43.3 Å². The lowest BCUT2D eigenvalue weighted by Crippen LogP contribution is -2.73. The number of nitriles is 1. The summed E-state index contributed by atoms with van der Waals surface area (Å²) >= 11 is 12.8. The van der Waals surface area contributed by atoms with Crippen molar-refractivity contribution in [2.24, 2.45) is 11.3 Å². The quantitative estimate of drug-likeness (QED) is 0.146. The molecule has 11 rings (SSSR count). The summed E-state index contributed by atoms with van der Waals surface area (Å²) in [5.41, 5.74) is 2.64. The molecule has 5 aromatic rings. The fourth-order valence-corrected chi connectivity index (χ4v) is 12.2. The molecule has 3 N–H and O–H groups in total. The predicted octanol–water partition coefficient (Wildman–Crippen LogP) is 5.06. The van der Waals surface area contributed by atoms with Crippen molar-refractivity contribution in [2.45, 2.75) is 69.6 Å². The molecular weight excluding hydrogens is 994 g/mol. The van der Waals surface area contributed by atoms with Crippen LogP contribution in [0.4, 0.5) is 11.5 Å². The Morgan fingerprint density at radius 1 is 0.892 bits per heavy atom. The number of aliphatic hydroxyl groups is 1. The Morgan fingerprint density at radius 2 is 1.61 bits per heavy atom. The Kier molecular flexibility index (Phi) is 12.5. The number of carbonyl (C=O) groups excluding carboxylic acids is 6. The van der Waals surface area contributed by atoms with Gasteiger partial charge in [0.15, 0.2) is 11.5 Å². The number of nitrogens with zero attached hydrogens (tertiary/aromatic N) is 9. The average Bonchev–Trinajstić information content (AvgIpc) is 3.88. The summed E-state index contributed by atoms with van der Waals surface area (Å²) in [4.78, 5) is 95.4. The number of halogens is 2. The number of imide groups is 2. The van der Waals surface area contributed by atoms with Gasteiger partial charge in [0.05, 0.1) is 51.4 Å². The number of carbonyl (C=O) groups is 6. The number of methoxy groups -OCH3 is 1. The molecule has 0 saturated carbocycles. The molecule has 0 aliphatic carbocycles. The molecule has 3 aromatic heterocycles. The van der Waals surface area contributed by atoms with Crippen LogP contribution in [0.3, 0.4) is 0 Å². The van der Waals surface area contributed by atoms with Gasteiger partial charge in [-0.25, -0.2) is 4.98 Å². The highest BCUT2D eigenvalue weighted by atomic mass is 35.5. The average molecular weight is 1040 g/mol. The number of H-pyrrole nitrogens is 1. The summed E-state index contributed by atoms with van der Waals surface area (Å²) in [5, 5.41) is 33.2. The molecule has 2 aromatic carbocycles. The molecule has 6 aliphatic rings. The van der Waals surface area contributed by atoms with Crippen LogP contribution in [-0.4, -0.2) is 147 Å². The van der Waals surface area contributed by atoms with Gasteiger partial charge in [0.25, 0.3) is 11.8 Å². The zero-order valence-electron chi connectivity index (χ0n) is 40.5. The van der Waals surface area contributed by atoms with E-state index in [1.807, 2.05) is 22.8 Å². The number of hydrogen-bond acceptors (Lipinski definition) is 15. The number of pyridine rings is 2. The molecule has 9 heterocycles. The maximum absolute atomic E-state index is 13.7. The molecule has 6 amide bonds. The smallest absolute Gasteiger partial charge is 0.262 e. The van der Waals surface area contributed by atoms with E-state index >= 15 is 0 Å². The minimum atomic E-state index is -1.23. The molecule has 6 aliphatic heterocycles. The molecule has 2 atom stereocenters. The van der Waals surface area contributed by atoms with Crippen LogP contribution in [0.5, 0.6) is 11.5 Å². The van der Waals surface area contributed by atoms with Crippen LogP contribution < -0.4 is 24.6 Å². The highest BCUT2D eigenvalue weighted by Crippen LogP contribution is 2.45. The fourth-order valence-electron chi connectivity index (χ4n) is 11.6. The molecule has 20 nitrogen and oxygen atoms in total. The molecule has 74 heavy (non-hydrogen) atoms. The largest absolute Gasteiger partial charge is 0.493 e. The number of aromatic amines is 1. The first-order chi connectivity index (χ1) is 35.5. The summed E-state index contributed by atoms with van der Waals surface area (Å²) in [7, 11) is 1.54. The van der Waals surface area contributed by atoms with Crippen molar-refractivity contribution >= 4 is 81.1 Å². The van der Waals surface area contributed by atoms with Gasteiger partial charge in [0, 0.05) is 117 Å². The Hall–Kier alpha value is -7.34.